The molecule has 0 aliphatic carbocycles. The van der Waals surface area contributed by atoms with Gasteiger partial charge in [-0.2, -0.15) is 0 Å². The molecule has 0 spiro atoms. The minimum atomic E-state index is 0.560. The van der Waals surface area contributed by atoms with E-state index in [2.05, 4.69) is 19.9 Å². The Balaban J connectivity index is 1.82. The minimum Gasteiger partial charge on any atom is -0.444 e. The highest BCUT2D eigenvalue weighted by Crippen LogP contribution is 2.22. The third-order valence-electron chi connectivity index (χ3n) is 3.60. The fourth-order valence-electron chi connectivity index (χ4n) is 2.46. The van der Waals surface area contributed by atoms with Gasteiger partial charge in [0.15, 0.2) is 0 Å². The Morgan fingerprint density at radius 2 is 2.39 bits per heavy atom. The second-order valence-electron chi connectivity index (χ2n) is 4.89. The van der Waals surface area contributed by atoms with E-state index in [9.17, 15) is 0 Å². The van der Waals surface area contributed by atoms with Crippen LogP contribution >= 0.6 is 0 Å². The summed E-state index contributed by atoms with van der Waals surface area (Å²) in [5, 5.41) is 3.38. The molecule has 0 radical (unpaired) electrons. The van der Waals surface area contributed by atoms with Crippen LogP contribution in [-0.4, -0.2) is 27.6 Å². The van der Waals surface area contributed by atoms with E-state index in [-0.39, 0.29) is 0 Å². The molecule has 3 rings (SSSR count). The molecule has 5 nitrogen and oxygen atoms in total. The average molecular weight is 246 g/mol. The first kappa shape index (κ1) is 11.5. The first-order chi connectivity index (χ1) is 8.74. The van der Waals surface area contributed by atoms with E-state index in [0.29, 0.717) is 12.5 Å². The molecule has 1 atom stereocenters. The smallest absolute Gasteiger partial charge is 0.214 e. The molecule has 0 aromatic carbocycles. The van der Waals surface area contributed by atoms with Gasteiger partial charge in [0.2, 0.25) is 5.89 Å². The molecule has 0 amide bonds. The van der Waals surface area contributed by atoms with Crippen molar-refractivity contribution in [2.45, 2.75) is 32.7 Å². The summed E-state index contributed by atoms with van der Waals surface area (Å²) in [5.74, 6) is 2.22. The van der Waals surface area contributed by atoms with Crippen molar-refractivity contribution in [3.05, 3.63) is 35.6 Å². The van der Waals surface area contributed by atoms with Crippen molar-refractivity contribution < 1.29 is 4.42 Å². The summed E-state index contributed by atoms with van der Waals surface area (Å²) in [5.41, 5.74) is 2.24. The van der Waals surface area contributed by atoms with E-state index >= 15 is 0 Å². The van der Waals surface area contributed by atoms with Crippen LogP contribution in [0.5, 0.6) is 0 Å². The average Bonchev–Trinajstić information content (AvgIpc) is 3.01. The number of aromatic nitrogens is 3. The molecular weight excluding hydrogens is 228 g/mol. The van der Waals surface area contributed by atoms with Gasteiger partial charge in [0, 0.05) is 24.4 Å². The van der Waals surface area contributed by atoms with Crippen LogP contribution in [-0.2, 0) is 6.54 Å². The largest absolute Gasteiger partial charge is 0.444 e. The predicted octanol–water partition coefficient (Wildman–Crippen LogP) is 1.61. The zero-order valence-corrected chi connectivity index (χ0v) is 10.8. The maximum atomic E-state index is 5.63. The van der Waals surface area contributed by atoms with Crippen LogP contribution in [0.15, 0.2) is 16.9 Å². The Hall–Kier alpha value is -1.62. The minimum absolute atomic E-state index is 0.560. The lowest BCUT2D eigenvalue weighted by Crippen LogP contribution is -2.12. The van der Waals surface area contributed by atoms with Crippen LogP contribution in [0.4, 0.5) is 0 Å². The van der Waals surface area contributed by atoms with Gasteiger partial charge in [0.25, 0.3) is 0 Å². The summed E-state index contributed by atoms with van der Waals surface area (Å²) < 4.78 is 7.77. The summed E-state index contributed by atoms with van der Waals surface area (Å²) in [6.45, 7) is 6.71. The zero-order valence-electron chi connectivity index (χ0n) is 10.8. The fraction of sp³-hybridized carbons (Fsp3) is 0.538. The van der Waals surface area contributed by atoms with Crippen LogP contribution in [0.25, 0.3) is 0 Å². The van der Waals surface area contributed by atoms with Crippen molar-refractivity contribution in [3.8, 4) is 0 Å². The van der Waals surface area contributed by atoms with Crippen molar-refractivity contribution in [2.24, 2.45) is 0 Å². The van der Waals surface area contributed by atoms with Gasteiger partial charge in [-0.15, -0.1) is 0 Å². The summed E-state index contributed by atoms with van der Waals surface area (Å²) in [4.78, 5) is 8.68. The number of nitrogens with one attached hydrogen (secondary N) is 1. The molecule has 1 fully saturated rings. The lowest BCUT2D eigenvalue weighted by Gasteiger charge is -2.11. The molecule has 0 saturated carbocycles. The zero-order chi connectivity index (χ0) is 12.5. The van der Waals surface area contributed by atoms with Crippen molar-refractivity contribution >= 4 is 0 Å². The van der Waals surface area contributed by atoms with E-state index in [4.69, 9.17) is 4.42 Å². The summed E-state index contributed by atoms with van der Waals surface area (Å²) in [6.07, 6.45) is 5.00. The first-order valence-electron chi connectivity index (χ1n) is 6.37. The molecule has 96 valence electrons. The second kappa shape index (κ2) is 4.57. The van der Waals surface area contributed by atoms with E-state index in [0.717, 1.165) is 30.4 Å². The van der Waals surface area contributed by atoms with E-state index in [1.807, 2.05) is 26.4 Å². The Morgan fingerprint density at radius 1 is 1.50 bits per heavy atom. The van der Waals surface area contributed by atoms with Gasteiger partial charge in [0.1, 0.15) is 12.3 Å². The molecule has 0 bridgehead atoms. The van der Waals surface area contributed by atoms with E-state index in [1.54, 1.807) is 0 Å². The molecule has 1 N–H and O–H groups in total. The molecule has 1 saturated heterocycles. The Labute approximate surface area is 106 Å². The highest BCUT2D eigenvalue weighted by molar-refractivity contribution is 5.11. The van der Waals surface area contributed by atoms with Gasteiger partial charge in [-0.1, -0.05) is 0 Å². The maximum Gasteiger partial charge on any atom is 0.214 e. The fourth-order valence-corrected chi connectivity index (χ4v) is 2.46. The topological polar surface area (TPSA) is 55.9 Å². The third kappa shape index (κ3) is 2.06. The molecule has 18 heavy (non-hydrogen) atoms. The van der Waals surface area contributed by atoms with Gasteiger partial charge >= 0.3 is 0 Å². The standard InChI is InChI=1S/C13H18N4O/c1-9-10(2)18-13(16-9)7-17-8-15-6-12(17)11-3-4-14-5-11/h6,8,11,14H,3-5,7H2,1-2H3. The van der Waals surface area contributed by atoms with Crippen LogP contribution in [0.2, 0.25) is 0 Å². The SMILES string of the molecule is Cc1nc(Cn2cncc2C2CCNC2)oc1C. The van der Waals surface area contributed by atoms with Gasteiger partial charge in [0.05, 0.1) is 12.0 Å². The summed E-state index contributed by atoms with van der Waals surface area (Å²) in [7, 11) is 0. The molecule has 1 unspecified atom stereocenters. The number of aryl methyl sites for hydroxylation is 2. The van der Waals surface area contributed by atoms with Crippen molar-refractivity contribution in [2.75, 3.05) is 13.1 Å². The highest BCUT2D eigenvalue weighted by Gasteiger charge is 2.20. The maximum absolute atomic E-state index is 5.63. The highest BCUT2D eigenvalue weighted by atomic mass is 16.4. The van der Waals surface area contributed by atoms with Gasteiger partial charge in [-0.25, -0.2) is 9.97 Å². The number of imidazole rings is 1. The quantitative estimate of drug-likeness (QED) is 0.894. The lowest BCUT2D eigenvalue weighted by molar-refractivity contribution is 0.451. The van der Waals surface area contributed by atoms with Gasteiger partial charge in [-0.3, -0.25) is 0 Å². The molecule has 1 aliphatic rings. The van der Waals surface area contributed by atoms with Crippen molar-refractivity contribution in [1.82, 2.24) is 19.9 Å². The molecule has 2 aromatic heterocycles. The summed E-state index contributed by atoms with van der Waals surface area (Å²) in [6, 6.07) is 0. The number of rotatable bonds is 3. The lowest BCUT2D eigenvalue weighted by atomic mass is 10.1. The van der Waals surface area contributed by atoms with E-state index < -0.39 is 0 Å². The molecule has 3 heterocycles. The van der Waals surface area contributed by atoms with Crippen LogP contribution in [0.1, 0.15) is 35.4 Å². The Kier molecular flexibility index (Phi) is 2.91. The number of hydrogen-bond acceptors (Lipinski definition) is 4. The van der Waals surface area contributed by atoms with Crippen LogP contribution in [0, 0.1) is 13.8 Å². The van der Waals surface area contributed by atoms with Gasteiger partial charge in [-0.05, 0) is 26.8 Å². The molecule has 1 aliphatic heterocycles. The second-order valence-corrected chi connectivity index (χ2v) is 4.89. The van der Waals surface area contributed by atoms with Crippen LogP contribution < -0.4 is 5.32 Å². The third-order valence-corrected chi connectivity index (χ3v) is 3.60. The monoisotopic (exact) mass is 246 g/mol. The number of nitrogens with zero attached hydrogens (tertiary/aromatic N) is 3. The number of hydrogen-bond donors (Lipinski definition) is 1. The van der Waals surface area contributed by atoms with Crippen molar-refractivity contribution in [1.29, 1.82) is 0 Å². The van der Waals surface area contributed by atoms with Crippen LogP contribution in [0.3, 0.4) is 0 Å². The van der Waals surface area contributed by atoms with Gasteiger partial charge < -0.3 is 14.3 Å². The molecule has 5 heteroatoms. The first-order valence-corrected chi connectivity index (χ1v) is 6.37. The normalized spacial score (nSPS) is 19.6. The predicted molar refractivity (Wildman–Crippen MR) is 67.5 cm³/mol. The Bertz CT molecular complexity index is 517. The van der Waals surface area contributed by atoms with Crippen molar-refractivity contribution in [3.63, 3.8) is 0 Å². The van der Waals surface area contributed by atoms with E-state index in [1.165, 1.54) is 12.1 Å². The Morgan fingerprint density at radius 3 is 3.06 bits per heavy atom. The number of oxazole rings is 1. The summed E-state index contributed by atoms with van der Waals surface area (Å²) >= 11 is 0. The molecular formula is C13H18N4O. The molecule has 2 aromatic rings.